The van der Waals surface area contributed by atoms with E-state index < -0.39 is 0 Å². The van der Waals surface area contributed by atoms with Crippen LogP contribution in [0.3, 0.4) is 0 Å². The molecule has 2 aromatic carbocycles. The first-order valence-electron chi connectivity index (χ1n) is 9.32. The van der Waals surface area contributed by atoms with E-state index in [-0.39, 0.29) is 5.92 Å². The van der Waals surface area contributed by atoms with Crippen LogP contribution in [0, 0.1) is 11.3 Å². The molecule has 29 heavy (non-hydrogen) atoms. The van der Waals surface area contributed by atoms with Crippen LogP contribution in [0.5, 0.6) is 23.0 Å². The van der Waals surface area contributed by atoms with Crippen LogP contribution in [0.15, 0.2) is 30.5 Å². The fourth-order valence-electron chi connectivity index (χ4n) is 4.14. The maximum atomic E-state index is 9.43. The van der Waals surface area contributed by atoms with Gasteiger partial charge in [-0.1, -0.05) is 0 Å². The van der Waals surface area contributed by atoms with E-state index in [1.807, 2.05) is 30.5 Å². The largest absolute Gasteiger partial charge is 0.493 e. The van der Waals surface area contributed by atoms with Gasteiger partial charge in [0.15, 0.2) is 23.0 Å². The summed E-state index contributed by atoms with van der Waals surface area (Å²) in [4.78, 5) is 4.67. The summed E-state index contributed by atoms with van der Waals surface area (Å²) < 4.78 is 21.9. The third-order valence-electron chi connectivity index (χ3n) is 5.56. The lowest BCUT2D eigenvalue weighted by Gasteiger charge is -2.28. The maximum Gasteiger partial charge on any atom is 0.162 e. The van der Waals surface area contributed by atoms with Gasteiger partial charge in [-0.3, -0.25) is 4.98 Å². The molecular formula is C23H22N2O4. The molecule has 0 N–H and O–H groups in total. The van der Waals surface area contributed by atoms with Crippen molar-refractivity contribution in [2.75, 3.05) is 28.4 Å². The second-order valence-electron chi connectivity index (χ2n) is 6.93. The SMILES string of the molecule is COc1cc2c(cc1OC)C(CC#N)Cc1c-2cnc2cc(OC)c(OC)cc12. The van der Waals surface area contributed by atoms with Gasteiger partial charge >= 0.3 is 0 Å². The molecule has 0 radical (unpaired) electrons. The van der Waals surface area contributed by atoms with Crippen molar-refractivity contribution in [3.05, 3.63) is 41.6 Å². The standard InChI is InChI=1S/C23H22N2O4/c1-26-20-8-14-13(5-6-24)7-15-17-10-22(28-3)23(29-4)11-19(17)25-12-18(15)16(14)9-21(20)27-2/h8-13H,5,7H2,1-4H3. The Balaban J connectivity index is 2.01. The highest BCUT2D eigenvalue weighted by Gasteiger charge is 2.29. The summed E-state index contributed by atoms with van der Waals surface area (Å²) in [6.07, 6.45) is 3.04. The molecule has 3 aromatic rings. The second kappa shape index (κ2) is 7.51. The van der Waals surface area contributed by atoms with Crippen LogP contribution in [0.2, 0.25) is 0 Å². The number of nitrogens with zero attached hydrogens (tertiary/aromatic N) is 2. The normalized spacial score (nSPS) is 14.5. The minimum Gasteiger partial charge on any atom is -0.493 e. The summed E-state index contributed by atoms with van der Waals surface area (Å²) in [7, 11) is 6.48. The topological polar surface area (TPSA) is 73.6 Å². The van der Waals surface area contributed by atoms with E-state index in [1.165, 1.54) is 0 Å². The zero-order valence-electron chi connectivity index (χ0n) is 16.9. The van der Waals surface area contributed by atoms with Gasteiger partial charge in [-0.25, -0.2) is 0 Å². The number of methoxy groups -OCH3 is 4. The van der Waals surface area contributed by atoms with E-state index in [2.05, 4.69) is 11.1 Å². The highest BCUT2D eigenvalue weighted by molar-refractivity contribution is 5.93. The molecule has 4 rings (SSSR count). The molecule has 1 aromatic heterocycles. The molecule has 0 bridgehead atoms. The number of pyridine rings is 1. The number of hydrogen-bond acceptors (Lipinski definition) is 6. The smallest absolute Gasteiger partial charge is 0.162 e. The van der Waals surface area contributed by atoms with Gasteiger partial charge in [-0.15, -0.1) is 0 Å². The number of fused-ring (bicyclic) bond motifs is 5. The van der Waals surface area contributed by atoms with Crippen molar-refractivity contribution in [1.82, 2.24) is 4.98 Å². The lowest BCUT2D eigenvalue weighted by molar-refractivity contribution is 0.354. The number of benzene rings is 2. The van der Waals surface area contributed by atoms with Gasteiger partial charge in [-0.2, -0.15) is 5.26 Å². The molecule has 1 atom stereocenters. The molecular weight excluding hydrogens is 368 g/mol. The zero-order valence-corrected chi connectivity index (χ0v) is 16.9. The monoisotopic (exact) mass is 390 g/mol. The molecule has 0 aliphatic heterocycles. The number of aromatic nitrogens is 1. The van der Waals surface area contributed by atoms with Crippen molar-refractivity contribution in [3.63, 3.8) is 0 Å². The highest BCUT2D eigenvalue weighted by Crippen LogP contribution is 2.48. The first-order valence-corrected chi connectivity index (χ1v) is 9.32. The van der Waals surface area contributed by atoms with E-state index in [4.69, 9.17) is 18.9 Å². The Bertz CT molecular complexity index is 1130. The average Bonchev–Trinajstić information content (AvgIpc) is 2.77. The van der Waals surface area contributed by atoms with Crippen LogP contribution < -0.4 is 18.9 Å². The fourth-order valence-corrected chi connectivity index (χ4v) is 4.14. The molecule has 1 heterocycles. The Hall–Kier alpha value is -3.46. The van der Waals surface area contributed by atoms with Crippen LogP contribution in [0.1, 0.15) is 23.5 Å². The number of rotatable bonds is 5. The number of ether oxygens (including phenoxy) is 4. The average molecular weight is 390 g/mol. The van der Waals surface area contributed by atoms with Gasteiger partial charge < -0.3 is 18.9 Å². The van der Waals surface area contributed by atoms with Gasteiger partial charge in [0.05, 0.1) is 40.0 Å². The van der Waals surface area contributed by atoms with Crippen LogP contribution in [-0.2, 0) is 6.42 Å². The molecule has 0 saturated heterocycles. The molecule has 6 nitrogen and oxygen atoms in total. The zero-order chi connectivity index (χ0) is 20.5. The first-order chi connectivity index (χ1) is 14.1. The summed E-state index contributed by atoms with van der Waals surface area (Å²) in [5, 5.41) is 10.4. The number of hydrogen-bond donors (Lipinski definition) is 0. The van der Waals surface area contributed by atoms with Crippen molar-refractivity contribution in [2.45, 2.75) is 18.8 Å². The fraction of sp³-hybridized carbons (Fsp3) is 0.304. The summed E-state index contributed by atoms with van der Waals surface area (Å²) in [5.41, 5.74) is 5.12. The molecule has 1 unspecified atom stereocenters. The molecule has 148 valence electrons. The van der Waals surface area contributed by atoms with E-state index >= 15 is 0 Å². The van der Waals surface area contributed by atoms with E-state index in [0.717, 1.165) is 39.6 Å². The van der Waals surface area contributed by atoms with Crippen LogP contribution in [-0.4, -0.2) is 33.4 Å². The molecule has 0 fully saturated rings. The predicted octanol–water partition coefficient (Wildman–Crippen LogP) is 4.49. The van der Waals surface area contributed by atoms with E-state index in [0.29, 0.717) is 29.4 Å². The minimum atomic E-state index is 0.0565. The van der Waals surface area contributed by atoms with Crippen LogP contribution in [0.25, 0.3) is 22.0 Å². The molecule has 1 aliphatic rings. The Labute approximate surface area is 169 Å². The maximum absolute atomic E-state index is 9.43. The summed E-state index contributed by atoms with van der Waals surface area (Å²) in [5.74, 6) is 2.68. The molecule has 0 amide bonds. The highest BCUT2D eigenvalue weighted by atomic mass is 16.5. The van der Waals surface area contributed by atoms with Crippen LogP contribution in [0.4, 0.5) is 0 Å². The minimum absolute atomic E-state index is 0.0565. The second-order valence-corrected chi connectivity index (χ2v) is 6.93. The molecule has 1 aliphatic carbocycles. The van der Waals surface area contributed by atoms with Crippen molar-refractivity contribution in [2.24, 2.45) is 0 Å². The predicted molar refractivity (Wildman–Crippen MR) is 110 cm³/mol. The van der Waals surface area contributed by atoms with E-state index in [9.17, 15) is 5.26 Å². The van der Waals surface area contributed by atoms with Gasteiger partial charge in [-0.05, 0) is 41.3 Å². The molecule has 0 saturated carbocycles. The summed E-state index contributed by atoms with van der Waals surface area (Å²) in [6.45, 7) is 0. The third-order valence-corrected chi connectivity index (χ3v) is 5.56. The Kier molecular flexibility index (Phi) is 4.89. The van der Waals surface area contributed by atoms with Gasteiger partial charge in [0, 0.05) is 35.6 Å². The quantitative estimate of drug-likeness (QED) is 0.639. The molecule has 6 heteroatoms. The van der Waals surface area contributed by atoms with Crippen molar-refractivity contribution >= 4 is 10.9 Å². The first kappa shape index (κ1) is 18.9. The Morgan fingerprint density at radius 1 is 0.897 bits per heavy atom. The van der Waals surface area contributed by atoms with Crippen molar-refractivity contribution < 1.29 is 18.9 Å². The van der Waals surface area contributed by atoms with Crippen LogP contribution >= 0.6 is 0 Å². The summed E-state index contributed by atoms with van der Waals surface area (Å²) >= 11 is 0. The lowest BCUT2D eigenvalue weighted by atomic mass is 9.76. The Morgan fingerprint density at radius 2 is 1.52 bits per heavy atom. The lowest BCUT2D eigenvalue weighted by Crippen LogP contribution is -2.13. The van der Waals surface area contributed by atoms with Gasteiger partial charge in [0.25, 0.3) is 0 Å². The third kappa shape index (κ3) is 2.99. The Morgan fingerprint density at radius 3 is 2.17 bits per heavy atom. The van der Waals surface area contributed by atoms with E-state index in [1.54, 1.807) is 28.4 Å². The molecule has 0 spiro atoms. The van der Waals surface area contributed by atoms with Crippen molar-refractivity contribution in [1.29, 1.82) is 5.26 Å². The summed E-state index contributed by atoms with van der Waals surface area (Å²) in [6, 6.07) is 10.1. The van der Waals surface area contributed by atoms with Crippen molar-refractivity contribution in [3.8, 4) is 40.2 Å². The van der Waals surface area contributed by atoms with Gasteiger partial charge in [0.1, 0.15) is 0 Å². The van der Waals surface area contributed by atoms with Gasteiger partial charge in [0.2, 0.25) is 0 Å². The number of nitriles is 1.